The molecule has 0 amide bonds. The number of hydrogen-bond donors (Lipinski definition) is 0. The van der Waals surface area contributed by atoms with Crippen molar-refractivity contribution in [2.75, 3.05) is 6.61 Å². The van der Waals surface area contributed by atoms with E-state index >= 15 is 0 Å². The van der Waals surface area contributed by atoms with Crippen LogP contribution in [0.2, 0.25) is 0 Å². The van der Waals surface area contributed by atoms with Crippen LogP contribution in [-0.2, 0) is 16.1 Å². The molecule has 2 aromatic rings. The second-order valence-electron chi connectivity index (χ2n) is 9.30. The van der Waals surface area contributed by atoms with Gasteiger partial charge in [-0.15, -0.1) is 0 Å². The van der Waals surface area contributed by atoms with E-state index in [0.717, 1.165) is 43.7 Å². The van der Waals surface area contributed by atoms with Gasteiger partial charge >= 0.3 is 5.97 Å². The number of carbonyl (C=O) groups is 2. The first-order chi connectivity index (χ1) is 16.0. The fourth-order valence-corrected chi connectivity index (χ4v) is 4.51. The van der Waals surface area contributed by atoms with Gasteiger partial charge in [0.05, 0.1) is 24.3 Å². The maximum atomic E-state index is 13.1. The lowest BCUT2D eigenvalue weighted by Gasteiger charge is -2.25. The molecule has 3 rings (SSSR count). The van der Waals surface area contributed by atoms with Crippen LogP contribution in [0.1, 0.15) is 106 Å². The Bertz CT molecular complexity index is 897. The molecule has 1 unspecified atom stereocenters. The number of fused-ring (bicyclic) bond motifs is 1. The lowest BCUT2D eigenvalue weighted by atomic mass is 9.96. The summed E-state index contributed by atoms with van der Waals surface area (Å²) in [6.07, 6.45) is 10.1. The molecule has 1 aromatic heterocycles. The van der Waals surface area contributed by atoms with E-state index in [4.69, 9.17) is 9.47 Å². The lowest BCUT2D eigenvalue weighted by molar-refractivity contribution is -0.146. The van der Waals surface area contributed by atoms with Gasteiger partial charge in [-0.05, 0) is 69.5 Å². The third-order valence-electron chi connectivity index (χ3n) is 6.24. The van der Waals surface area contributed by atoms with Crippen LogP contribution in [0.15, 0.2) is 36.4 Å². The van der Waals surface area contributed by atoms with Crippen molar-refractivity contribution in [3.63, 3.8) is 0 Å². The van der Waals surface area contributed by atoms with Crippen LogP contribution >= 0.6 is 0 Å². The quantitative estimate of drug-likeness (QED) is 0.193. The molecule has 0 saturated heterocycles. The SMILES string of the molecule is CCCCCCCCCOC(=O)C1CCCn2c(C(=O)c3ccc(OC(C)C)cc3)ccc21. The van der Waals surface area contributed by atoms with E-state index in [9.17, 15) is 9.59 Å². The Hall–Kier alpha value is -2.56. The minimum Gasteiger partial charge on any atom is -0.491 e. The number of aromatic nitrogens is 1. The Morgan fingerprint density at radius 2 is 1.67 bits per heavy atom. The molecule has 2 heterocycles. The summed E-state index contributed by atoms with van der Waals surface area (Å²) in [6, 6.07) is 11.0. The van der Waals surface area contributed by atoms with Crippen molar-refractivity contribution >= 4 is 11.8 Å². The minimum absolute atomic E-state index is 0.0329. The van der Waals surface area contributed by atoms with Gasteiger partial charge in [0.25, 0.3) is 0 Å². The smallest absolute Gasteiger partial charge is 0.314 e. The van der Waals surface area contributed by atoms with E-state index in [0.29, 0.717) is 17.9 Å². The van der Waals surface area contributed by atoms with Crippen molar-refractivity contribution in [1.82, 2.24) is 4.57 Å². The standard InChI is InChI=1S/C28H39NO4/c1-4-5-6-7-8-9-10-20-32-28(31)24-12-11-19-29-25(24)17-18-26(29)27(30)22-13-15-23(16-14-22)33-21(2)3/h13-18,21,24H,4-12,19-20H2,1-3H3. The Kier molecular flexibility index (Phi) is 9.59. The van der Waals surface area contributed by atoms with Gasteiger partial charge < -0.3 is 14.0 Å². The van der Waals surface area contributed by atoms with Crippen molar-refractivity contribution < 1.29 is 19.1 Å². The Morgan fingerprint density at radius 3 is 2.36 bits per heavy atom. The van der Waals surface area contributed by atoms with E-state index in [1.807, 2.05) is 42.7 Å². The van der Waals surface area contributed by atoms with Crippen molar-refractivity contribution in [2.45, 2.75) is 97.1 Å². The molecular formula is C28H39NO4. The molecular weight excluding hydrogens is 414 g/mol. The summed E-state index contributed by atoms with van der Waals surface area (Å²) >= 11 is 0. The van der Waals surface area contributed by atoms with E-state index in [1.54, 1.807) is 12.1 Å². The first kappa shape index (κ1) is 25.1. The first-order valence-corrected chi connectivity index (χ1v) is 12.7. The summed E-state index contributed by atoms with van der Waals surface area (Å²) in [4.78, 5) is 25.9. The maximum absolute atomic E-state index is 13.1. The molecule has 33 heavy (non-hydrogen) atoms. The Labute approximate surface area is 198 Å². The number of rotatable bonds is 13. The van der Waals surface area contributed by atoms with Crippen molar-refractivity contribution in [3.05, 3.63) is 53.3 Å². The van der Waals surface area contributed by atoms with E-state index in [1.165, 1.54) is 32.1 Å². The molecule has 0 N–H and O–H groups in total. The van der Waals surface area contributed by atoms with Crippen LogP contribution in [0.5, 0.6) is 5.75 Å². The fourth-order valence-electron chi connectivity index (χ4n) is 4.51. The normalized spacial score (nSPS) is 15.3. The number of carbonyl (C=O) groups excluding carboxylic acids is 2. The topological polar surface area (TPSA) is 57.5 Å². The van der Waals surface area contributed by atoms with Crippen LogP contribution in [0.3, 0.4) is 0 Å². The van der Waals surface area contributed by atoms with Crippen LogP contribution in [0.25, 0.3) is 0 Å². The molecule has 1 aliphatic rings. The number of hydrogen-bond acceptors (Lipinski definition) is 4. The summed E-state index contributed by atoms with van der Waals surface area (Å²) < 4.78 is 13.3. The summed E-state index contributed by atoms with van der Waals surface area (Å²) in [6.45, 7) is 7.41. The predicted molar refractivity (Wildman–Crippen MR) is 131 cm³/mol. The van der Waals surface area contributed by atoms with Gasteiger partial charge in [-0.2, -0.15) is 0 Å². The van der Waals surface area contributed by atoms with Gasteiger partial charge in [-0.1, -0.05) is 45.4 Å². The summed E-state index contributed by atoms with van der Waals surface area (Å²) in [7, 11) is 0. The van der Waals surface area contributed by atoms with Crippen molar-refractivity contribution in [3.8, 4) is 5.75 Å². The summed E-state index contributed by atoms with van der Waals surface area (Å²) in [5.41, 5.74) is 2.15. The molecule has 0 spiro atoms. The van der Waals surface area contributed by atoms with Crippen molar-refractivity contribution in [1.29, 1.82) is 0 Å². The van der Waals surface area contributed by atoms with Gasteiger partial charge in [0.2, 0.25) is 5.78 Å². The number of ether oxygens (including phenoxy) is 2. The van der Waals surface area contributed by atoms with Gasteiger partial charge in [0, 0.05) is 17.8 Å². The van der Waals surface area contributed by atoms with Gasteiger partial charge in [-0.25, -0.2) is 0 Å². The third kappa shape index (κ3) is 6.96. The highest BCUT2D eigenvalue weighted by Crippen LogP contribution is 2.31. The predicted octanol–water partition coefficient (Wildman–Crippen LogP) is 6.68. The number of nitrogens with zero attached hydrogens (tertiary/aromatic N) is 1. The molecule has 1 aromatic carbocycles. The molecule has 0 aliphatic carbocycles. The monoisotopic (exact) mass is 453 g/mol. The van der Waals surface area contributed by atoms with E-state index < -0.39 is 0 Å². The maximum Gasteiger partial charge on any atom is 0.314 e. The highest BCUT2D eigenvalue weighted by atomic mass is 16.5. The van der Waals surface area contributed by atoms with Gasteiger partial charge in [0.1, 0.15) is 5.75 Å². The molecule has 1 atom stereocenters. The molecule has 5 heteroatoms. The molecule has 0 radical (unpaired) electrons. The zero-order valence-corrected chi connectivity index (χ0v) is 20.5. The fraction of sp³-hybridized carbons (Fsp3) is 0.571. The third-order valence-corrected chi connectivity index (χ3v) is 6.24. The second kappa shape index (κ2) is 12.6. The van der Waals surface area contributed by atoms with Crippen LogP contribution < -0.4 is 4.74 Å². The Morgan fingerprint density at radius 1 is 0.970 bits per heavy atom. The van der Waals surface area contributed by atoms with Gasteiger partial charge in [0.15, 0.2) is 0 Å². The molecule has 0 saturated carbocycles. The number of esters is 1. The molecule has 1 aliphatic heterocycles. The first-order valence-electron chi connectivity index (χ1n) is 12.7. The van der Waals surface area contributed by atoms with E-state index in [-0.39, 0.29) is 23.8 Å². The second-order valence-corrected chi connectivity index (χ2v) is 9.30. The highest BCUT2D eigenvalue weighted by Gasteiger charge is 2.30. The van der Waals surface area contributed by atoms with Crippen LogP contribution in [0.4, 0.5) is 0 Å². The Balaban J connectivity index is 1.56. The summed E-state index contributed by atoms with van der Waals surface area (Å²) in [5.74, 6) is 0.276. The lowest BCUT2D eigenvalue weighted by Crippen LogP contribution is -2.25. The number of benzene rings is 1. The summed E-state index contributed by atoms with van der Waals surface area (Å²) in [5, 5.41) is 0. The number of ketones is 1. The highest BCUT2D eigenvalue weighted by molar-refractivity contribution is 6.08. The average Bonchev–Trinajstić information content (AvgIpc) is 3.24. The van der Waals surface area contributed by atoms with Crippen LogP contribution in [0, 0.1) is 0 Å². The van der Waals surface area contributed by atoms with Crippen LogP contribution in [-0.4, -0.2) is 29.0 Å². The molecule has 5 nitrogen and oxygen atoms in total. The van der Waals surface area contributed by atoms with E-state index in [2.05, 4.69) is 6.92 Å². The largest absolute Gasteiger partial charge is 0.491 e. The van der Waals surface area contributed by atoms with Crippen molar-refractivity contribution in [2.24, 2.45) is 0 Å². The average molecular weight is 454 g/mol. The molecule has 0 bridgehead atoms. The zero-order valence-electron chi connectivity index (χ0n) is 20.5. The van der Waals surface area contributed by atoms with Gasteiger partial charge in [-0.3, -0.25) is 9.59 Å². The zero-order chi connectivity index (χ0) is 23.6. The molecule has 180 valence electrons. The molecule has 0 fully saturated rings. The number of unbranched alkanes of at least 4 members (excludes halogenated alkanes) is 6. The minimum atomic E-state index is -0.285.